The van der Waals surface area contributed by atoms with E-state index < -0.39 is 5.97 Å². The van der Waals surface area contributed by atoms with Gasteiger partial charge in [-0.25, -0.2) is 4.79 Å². The van der Waals surface area contributed by atoms with Crippen molar-refractivity contribution >= 4 is 17.4 Å². The molecular formula is C25H24N2O4. The van der Waals surface area contributed by atoms with Gasteiger partial charge in [0.2, 0.25) is 0 Å². The average Bonchev–Trinajstić information content (AvgIpc) is 3.26. The first-order valence-corrected chi connectivity index (χ1v) is 10.2. The van der Waals surface area contributed by atoms with Crippen LogP contribution in [0.5, 0.6) is 11.5 Å². The highest BCUT2D eigenvalue weighted by Crippen LogP contribution is 2.39. The number of hydrogen-bond acceptors (Lipinski definition) is 5. The maximum absolute atomic E-state index is 11.2. The SMILES string of the molecule is CCOc1ccc(C2CC(c3ccccc3)=NN2c2ccc(C(=O)O)cc2)cc1OC. The lowest BCUT2D eigenvalue weighted by Gasteiger charge is -2.25. The van der Waals surface area contributed by atoms with E-state index in [0.717, 1.165) is 22.5 Å². The summed E-state index contributed by atoms with van der Waals surface area (Å²) < 4.78 is 11.2. The number of anilines is 1. The number of hydrazone groups is 1. The standard InChI is InChI=1S/C25H24N2O4/c1-3-31-23-14-11-19(15-24(23)30-2)22-16-21(17-7-5-4-6-8-17)26-27(22)20-12-9-18(10-13-20)25(28)29/h4-15,22H,3,16H2,1-2H3,(H,28,29). The van der Waals surface area contributed by atoms with E-state index in [-0.39, 0.29) is 11.6 Å². The Morgan fingerprint density at radius 1 is 1.06 bits per heavy atom. The second-order valence-corrected chi connectivity index (χ2v) is 7.17. The van der Waals surface area contributed by atoms with Crippen molar-refractivity contribution in [2.45, 2.75) is 19.4 Å². The number of aromatic carboxylic acids is 1. The molecule has 0 aliphatic carbocycles. The Morgan fingerprint density at radius 2 is 1.81 bits per heavy atom. The summed E-state index contributed by atoms with van der Waals surface area (Å²) in [5.41, 5.74) is 4.15. The number of carboxylic acid groups (broad SMARTS) is 1. The van der Waals surface area contributed by atoms with Crippen LogP contribution in [0, 0.1) is 0 Å². The lowest BCUT2D eigenvalue weighted by Crippen LogP contribution is -2.18. The van der Waals surface area contributed by atoms with Gasteiger partial charge in [-0.15, -0.1) is 0 Å². The molecule has 3 aromatic rings. The molecule has 3 aromatic carbocycles. The van der Waals surface area contributed by atoms with Crippen LogP contribution >= 0.6 is 0 Å². The van der Waals surface area contributed by atoms with Gasteiger partial charge in [0, 0.05) is 6.42 Å². The van der Waals surface area contributed by atoms with Crippen molar-refractivity contribution in [3.05, 3.63) is 89.5 Å². The second kappa shape index (κ2) is 8.92. The minimum absolute atomic E-state index is 0.0598. The van der Waals surface area contributed by atoms with Gasteiger partial charge in [-0.05, 0) is 54.4 Å². The van der Waals surface area contributed by atoms with Crippen LogP contribution in [-0.4, -0.2) is 30.5 Å². The molecule has 1 aliphatic heterocycles. The third kappa shape index (κ3) is 4.23. The van der Waals surface area contributed by atoms with E-state index in [0.29, 0.717) is 24.5 Å². The minimum atomic E-state index is -0.950. The molecule has 0 spiro atoms. The summed E-state index contributed by atoms with van der Waals surface area (Å²) in [5, 5.41) is 16.1. The first kappa shape index (κ1) is 20.5. The van der Waals surface area contributed by atoms with Crippen LogP contribution in [0.15, 0.2) is 77.9 Å². The Hall–Kier alpha value is -3.80. The van der Waals surface area contributed by atoms with E-state index >= 15 is 0 Å². The molecule has 0 saturated carbocycles. The quantitative estimate of drug-likeness (QED) is 0.577. The zero-order valence-electron chi connectivity index (χ0n) is 17.5. The van der Waals surface area contributed by atoms with Crippen molar-refractivity contribution in [1.29, 1.82) is 0 Å². The Morgan fingerprint density at radius 3 is 2.45 bits per heavy atom. The largest absolute Gasteiger partial charge is 0.493 e. The van der Waals surface area contributed by atoms with E-state index in [1.165, 1.54) is 0 Å². The van der Waals surface area contributed by atoms with Crippen molar-refractivity contribution < 1.29 is 19.4 Å². The molecule has 1 N–H and O–H groups in total. The molecule has 31 heavy (non-hydrogen) atoms. The Bertz CT molecular complexity index is 1090. The van der Waals surface area contributed by atoms with Crippen molar-refractivity contribution in [2.24, 2.45) is 5.10 Å². The van der Waals surface area contributed by atoms with Gasteiger partial charge in [-0.3, -0.25) is 5.01 Å². The van der Waals surface area contributed by atoms with Crippen molar-refractivity contribution in [3.63, 3.8) is 0 Å². The maximum atomic E-state index is 11.2. The Labute approximate surface area is 181 Å². The number of ether oxygens (including phenoxy) is 2. The highest BCUT2D eigenvalue weighted by molar-refractivity contribution is 6.03. The highest BCUT2D eigenvalue weighted by atomic mass is 16.5. The number of benzene rings is 3. The van der Waals surface area contributed by atoms with Crippen LogP contribution in [-0.2, 0) is 0 Å². The molecular weight excluding hydrogens is 392 g/mol. The molecule has 1 heterocycles. The Kier molecular flexibility index (Phi) is 5.89. The summed E-state index contributed by atoms with van der Waals surface area (Å²) in [6.07, 6.45) is 0.710. The van der Waals surface area contributed by atoms with Crippen molar-refractivity contribution in [2.75, 3.05) is 18.7 Å². The zero-order valence-corrected chi connectivity index (χ0v) is 17.5. The number of rotatable bonds is 7. The first-order chi connectivity index (χ1) is 15.1. The molecule has 0 saturated heterocycles. The number of carboxylic acids is 1. The molecule has 1 unspecified atom stereocenters. The topological polar surface area (TPSA) is 71.4 Å². The van der Waals surface area contributed by atoms with E-state index in [4.69, 9.17) is 14.6 Å². The summed E-state index contributed by atoms with van der Waals surface area (Å²) >= 11 is 0. The van der Waals surface area contributed by atoms with Crippen LogP contribution < -0.4 is 14.5 Å². The molecule has 1 atom stereocenters. The molecule has 0 fully saturated rings. The van der Waals surface area contributed by atoms with E-state index in [1.807, 2.05) is 60.5 Å². The molecule has 0 bridgehead atoms. The second-order valence-electron chi connectivity index (χ2n) is 7.17. The van der Waals surface area contributed by atoms with Crippen molar-refractivity contribution in [1.82, 2.24) is 0 Å². The number of methoxy groups -OCH3 is 1. The summed E-state index contributed by atoms with van der Waals surface area (Å²) in [7, 11) is 1.63. The summed E-state index contributed by atoms with van der Waals surface area (Å²) in [4.78, 5) is 11.2. The van der Waals surface area contributed by atoms with Gasteiger partial charge in [-0.2, -0.15) is 5.10 Å². The third-order valence-electron chi connectivity index (χ3n) is 5.27. The fraction of sp³-hybridized carbons (Fsp3) is 0.200. The fourth-order valence-electron chi connectivity index (χ4n) is 3.74. The molecule has 6 nitrogen and oxygen atoms in total. The van der Waals surface area contributed by atoms with E-state index in [2.05, 4.69) is 0 Å². The van der Waals surface area contributed by atoms with Gasteiger partial charge in [0.15, 0.2) is 11.5 Å². The molecule has 0 amide bonds. The van der Waals surface area contributed by atoms with Gasteiger partial charge in [0.25, 0.3) is 0 Å². The monoisotopic (exact) mass is 416 g/mol. The van der Waals surface area contributed by atoms with Crippen LogP contribution in [0.25, 0.3) is 0 Å². The smallest absolute Gasteiger partial charge is 0.335 e. The first-order valence-electron chi connectivity index (χ1n) is 10.2. The predicted octanol–water partition coefficient (Wildman–Crippen LogP) is 5.15. The highest BCUT2D eigenvalue weighted by Gasteiger charge is 2.30. The molecule has 4 rings (SSSR count). The number of hydrogen-bond donors (Lipinski definition) is 1. The zero-order chi connectivity index (χ0) is 21.8. The van der Waals surface area contributed by atoms with Gasteiger partial charge >= 0.3 is 5.97 Å². The van der Waals surface area contributed by atoms with Crippen LogP contribution in [0.1, 0.15) is 40.9 Å². The van der Waals surface area contributed by atoms with Gasteiger partial charge in [0.05, 0.1) is 36.7 Å². The normalized spacial score (nSPS) is 15.5. The summed E-state index contributed by atoms with van der Waals surface area (Å²) in [5.74, 6) is 0.427. The molecule has 1 aliphatic rings. The number of carbonyl (C=O) groups is 1. The van der Waals surface area contributed by atoms with Crippen molar-refractivity contribution in [3.8, 4) is 11.5 Å². The maximum Gasteiger partial charge on any atom is 0.335 e. The molecule has 6 heteroatoms. The summed E-state index contributed by atoms with van der Waals surface area (Å²) in [6.45, 7) is 2.50. The number of nitrogens with zero attached hydrogens (tertiary/aromatic N) is 2. The van der Waals surface area contributed by atoms with Crippen LogP contribution in [0.2, 0.25) is 0 Å². The fourth-order valence-corrected chi connectivity index (χ4v) is 3.74. The Balaban J connectivity index is 1.74. The van der Waals surface area contributed by atoms with Gasteiger partial charge < -0.3 is 14.6 Å². The lowest BCUT2D eigenvalue weighted by molar-refractivity contribution is 0.0697. The minimum Gasteiger partial charge on any atom is -0.493 e. The molecule has 0 aromatic heterocycles. The third-order valence-corrected chi connectivity index (χ3v) is 5.27. The molecule has 158 valence electrons. The van der Waals surface area contributed by atoms with Gasteiger partial charge in [0.1, 0.15) is 0 Å². The molecule has 0 radical (unpaired) electrons. The summed E-state index contributed by atoms with van der Waals surface area (Å²) in [6, 6.07) is 22.7. The predicted molar refractivity (Wildman–Crippen MR) is 120 cm³/mol. The van der Waals surface area contributed by atoms with E-state index in [9.17, 15) is 9.90 Å². The van der Waals surface area contributed by atoms with Crippen LogP contribution in [0.3, 0.4) is 0 Å². The lowest BCUT2D eigenvalue weighted by atomic mass is 9.97. The van der Waals surface area contributed by atoms with Gasteiger partial charge in [-0.1, -0.05) is 36.4 Å². The van der Waals surface area contributed by atoms with Crippen LogP contribution in [0.4, 0.5) is 5.69 Å². The van der Waals surface area contributed by atoms with E-state index in [1.54, 1.807) is 31.4 Å². The average molecular weight is 416 g/mol.